The summed E-state index contributed by atoms with van der Waals surface area (Å²) >= 11 is 0. The van der Waals surface area contributed by atoms with Crippen LogP contribution in [0.3, 0.4) is 0 Å². The van der Waals surface area contributed by atoms with Gasteiger partial charge >= 0.3 is 37.4 Å². The molecule has 3 atom stereocenters. The quantitative estimate of drug-likeness (QED) is 0.202. The summed E-state index contributed by atoms with van der Waals surface area (Å²) in [5.74, 6) is -1.14. The number of hydrogen-bond donors (Lipinski definition) is 6. The van der Waals surface area contributed by atoms with Gasteiger partial charge in [0.1, 0.15) is 24.9 Å². The van der Waals surface area contributed by atoms with E-state index in [9.17, 15) is 9.36 Å². The number of phosphoric acid groups is 1. The summed E-state index contributed by atoms with van der Waals surface area (Å²) in [6.07, 6.45) is -5.94. The average molecular weight is 284 g/mol. The fourth-order valence-corrected chi connectivity index (χ4v) is 1.11. The van der Waals surface area contributed by atoms with Crippen LogP contribution in [0.2, 0.25) is 0 Å². The third-order valence-corrected chi connectivity index (χ3v) is 2.10. The van der Waals surface area contributed by atoms with Crippen molar-refractivity contribution in [2.75, 3.05) is 13.2 Å². The Morgan fingerprint density at radius 3 is 2.06 bits per heavy atom. The van der Waals surface area contributed by atoms with E-state index in [1.807, 2.05) is 0 Å². The normalized spacial score (nSPS) is 16.8. The standard InChI is InChI=1S/C6H13O9P.Na.H/c7-1-3(8)5(10)6(11)4(9)2-15-16(12,13)14;;/h4-7,9-11H,1-2H2,(H2,12,13,14);;/t4-,5-,6-;;/m1../s1. The zero-order valence-electron chi connectivity index (χ0n) is 8.00. The van der Waals surface area contributed by atoms with Gasteiger partial charge in [-0.2, -0.15) is 0 Å². The Kier molecular flexibility index (Phi) is 10.2. The fourth-order valence-electron chi connectivity index (χ4n) is 0.766. The molecule has 0 amide bonds. The maximum atomic E-state index is 10.7. The van der Waals surface area contributed by atoms with E-state index in [4.69, 9.17) is 30.2 Å². The van der Waals surface area contributed by atoms with Gasteiger partial charge in [-0.25, -0.2) is 4.57 Å². The van der Waals surface area contributed by atoms with E-state index in [0.717, 1.165) is 0 Å². The molecule has 11 heteroatoms. The van der Waals surface area contributed by atoms with Gasteiger partial charge in [0.25, 0.3) is 0 Å². The number of Topliss-reactive ketones (excluding diaryl/α,β-unsaturated/α-hetero) is 1. The van der Waals surface area contributed by atoms with Crippen LogP contribution in [-0.4, -0.2) is 97.1 Å². The van der Waals surface area contributed by atoms with Crippen molar-refractivity contribution < 1.29 is 44.1 Å². The molecule has 0 unspecified atom stereocenters. The summed E-state index contributed by atoms with van der Waals surface area (Å²) in [7, 11) is -4.81. The summed E-state index contributed by atoms with van der Waals surface area (Å²) in [6.45, 7) is -2.01. The Morgan fingerprint density at radius 2 is 1.71 bits per heavy atom. The molecule has 0 aliphatic heterocycles. The molecule has 0 bridgehead atoms. The Balaban J connectivity index is 0. The molecule has 17 heavy (non-hydrogen) atoms. The molecule has 0 aromatic carbocycles. The van der Waals surface area contributed by atoms with Crippen molar-refractivity contribution in [3.8, 4) is 0 Å². The second kappa shape index (κ2) is 8.68. The van der Waals surface area contributed by atoms with Crippen molar-refractivity contribution in [1.29, 1.82) is 0 Å². The van der Waals surface area contributed by atoms with Gasteiger partial charge in [0.05, 0.1) is 6.61 Å². The number of carbonyl (C=O) groups is 1. The number of carbonyl (C=O) groups excluding carboxylic acids is 1. The first-order chi connectivity index (χ1) is 7.19. The van der Waals surface area contributed by atoms with Gasteiger partial charge in [0, 0.05) is 0 Å². The van der Waals surface area contributed by atoms with Crippen molar-refractivity contribution in [3.05, 3.63) is 0 Å². The van der Waals surface area contributed by atoms with Crippen LogP contribution in [0.4, 0.5) is 0 Å². The van der Waals surface area contributed by atoms with Crippen LogP contribution in [0.5, 0.6) is 0 Å². The van der Waals surface area contributed by atoms with Crippen LogP contribution < -0.4 is 0 Å². The van der Waals surface area contributed by atoms with Gasteiger partial charge in [0.2, 0.25) is 0 Å². The average Bonchev–Trinajstić information content (AvgIpc) is 2.21. The molecule has 0 fully saturated rings. The number of aliphatic hydroxyl groups excluding tert-OH is 4. The second-order valence-corrected chi connectivity index (χ2v) is 4.15. The predicted octanol–water partition coefficient (Wildman–Crippen LogP) is -3.91. The first-order valence-electron chi connectivity index (χ1n) is 4.07. The minimum absolute atomic E-state index is 0. The SMILES string of the molecule is O=C(CO)[C@@H](O)[C@H](O)[C@H](O)COP(=O)(O)O.[NaH]. The molecule has 0 heterocycles. The second-order valence-electron chi connectivity index (χ2n) is 2.91. The third-order valence-electron chi connectivity index (χ3n) is 1.62. The Morgan fingerprint density at radius 1 is 1.24 bits per heavy atom. The van der Waals surface area contributed by atoms with E-state index in [0.29, 0.717) is 0 Å². The molecule has 0 saturated carbocycles. The van der Waals surface area contributed by atoms with Crippen molar-refractivity contribution in [3.63, 3.8) is 0 Å². The number of ketones is 1. The Hall–Kier alpha value is 0.620. The molecule has 98 valence electrons. The Bertz CT molecular complexity index is 279. The van der Waals surface area contributed by atoms with Crippen LogP contribution in [0.25, 0.3) is 0 Å². The first kappa shape index (κ1) is 19.9. The molecule has 0 aromatic heterocycles. The van der Waals surface area contributed by atoms with E-state index < -0.39 is 45.1 Å². The van der Waals surface area contributed by atoms with Crippen LogP contribution in [0.1, 0.15) is 0 Å². The Labute approximate surface area is 119 Å². The monoisotopic (exact) mass is 284 g/mol. The van der Waals surface area contributed by atoms with Crippen LogP contribution >= 0.6 is 7.82 Å². The van der Waals surface area contributed by atoms with E-state index in [2.05, 4.69) is 4.52 Å². The van der Waals surface area contributed by atoms with Crippen molar-refractivity contribution in [1.82, 2.24) is 0 Å². The molecule has 9 nitrogen and oxygen atoms in total. The fraction of sp³-hybridized carbons (Fsp3) is 0.833. The molecule has 0 saturated heterocycles. The number of aliphatic hydroxyl groups is 4. The third kappa shape index (κ3) is 8.36. The molecule has 0 aromatic rings. The maximum absolute atomic E-state index is 10.7. The van der Waals surface area contributed by atoms with Gasteiger partial charge in [-0.05, 0) is 0 Å². The molecular formula is C6H14NaO9P. The molecule has 0 aliphatic carbocycles. The zero-order valence-corrected chi connectivity index (χ0v) is 8.90. The summed E-state index contributed by atoms with van der Waals surface area (Å²) in [5, 5.41) is 35.6. The number of hydrogen-bond acceptors (Lipinski definition) is 7. The molecular weight excluding hydrogens is 270 g/mol. The molecule has 0 aliphatic rings. The van der Waals surface area contributed by atoms with E-state index >= 15 is 0 Å². The van der Waals surface area contributed by atoms with Crippen molar-refractivity contribution in [2.24, 2.45) is 0 Å². The first-order valence-corrected chi connectivity index (χ1v) is 5.60. The van der Waals surface area contributed by atoms with Gasteiger partial charge < -0.3 is 30.2 Å². The number of rotatable bonds is 7. The van der Waals surface area contributed by atoms with Gasteiger partial charge in [0.15, 0.2) is 5.78 Å². The summed E-state index contributed by atoms with van der Waals surface area (Å²) < 4.78 is 14.1. The summed E-state index contributed by atoms with van der Waals surface area (Å²) in [4.78, 5) is 27.2. The van der Waals surface area contributed by atoms with Crippen LogP contribution in [-0.2, 0) is 13.9 Å². The minimum atomic E-state index is -4.81. The van der Waals surface area contributed by atoms with Gasteiger partial charge in [-0.15, -0.1) is 0 Å². The predicted molar refractivity (Wildman–Crippen MR) is 55.3 cm³/mol. The van der Waals surface area contributed by atoms with Crippen LogP contribution in [0, 0.1) is 0 Å². The van der Waals surface area contributed by atoms with E-state index in [1.54, 1.807) is 0 Å². The van der Waals surface area contributed by atoms with Crippen molar-refractivity contribution >= 4 is 43.2 Å². The molecule has 0 radical (unpaired) electrons. The molecule has 0 rings (SSSR count). The van der Waals surface area contributed by atoms with Crippen LogP contribution in [0.15, 0.2) is 0 Å². The van der Waals surface area contributed by atoms with Gasteiger partial charge in [-0.1, -0.05) is 0 Å². The zero-order chi connectivity index (χ0) is 12.9. The summed E-state index contributed by atoms with van der Waals surface area (Å²) in [6, 6.07) is 0. The molecule has 0 spiro atoms. The number of phosphoric ester groups is 1. The van der Waals surface area contributed by atoms with E-state index in [1.165, 1.54) is 0 Å². The van der Waals surface area contributed by atoms with E-state index in [-0.39, 0.29) is 29.6 Å². The molecule has 6 N–H and O–H groups in total. The summed E-state index contributed by atoms with van der Waals surface area (Å²) in [5.41, 5.74) is 0. The van der Waals surface area contributed by atoms with Crippen molar-refractivity contribution in [2.45, 2.75) is 18.3 Å². The topological polar surface area (TPSA) is 165 Å². The van der Waals surface area contributed by atoms with Gasteiger partial charge in [-0.3, -0.25) is 9.32 Å².